The van der Waals surface area contributed by atoms with Crippen molar-refractivity contribution in [2.45, 2.75) is 19.4 Å². The Kier molecular flexibility index (Phi) is 1.51. The minimum absolute atomic E-state index is 0.0765. The van der Waals surface area contributed by atoms with Gasteiger partial charge in [0, 0.05) is 18.0 Å². The van der Waals surface area contributed by atoms with Crippen LogP contribution in [0.3, 0.4) is 0 Å². The number of ketones is 1. The Morgan fingerprint density at radius 2 is 2.25 bits per heavy atom. The van der Waals surface area contributed by atoms with E-state index in [-0.39, 0.29) is 11.8 Å². The number of hydrogen-bond acceptors (Lipinski definition) is 2. The van der Waals surface area contributed by atoms with Gasteiger partial charge in [-0.25, -0.2) is 0 Å². The lowest BCUT2D eigenvalue weighted by atomic mass is 10.0. The fourth-order valence-electron chi connectivity index (χ4n) is 1.79. The number of fused-ring (bicyclic) bond motifs is 1. The van der Waals surface area contributed by atoms with Crippen LogP contribution in [0.4, 0.5) is 0 Å². The van der Waals surface area contributed by atoms with Crippen LogP contribution in [0.2, 0.25) is 0 Å². The number of Topliss-reactive ketones (excluding diaryl/α,β-unsaturated/α-hetero) is 1. The van der Waals surface area contributed by atoms with Crippen molar-refractivity contribution in [2.24, 2.45) is 5.73 Å². The lowest BCUT2D eigenvalue weighted by molar-refractivity contribution is 0.0989. The van der Waals surface area contributed by atoms with Gasteiger partial charge in [0.25, 0.3) is 0 Å². The number of carbonyl (C=O) groups excluding carboxylic acids is 1. The zero-order valence-corrected chi connectivity index (χ0v) is 7.00. The van der Waals surface area contributed by atoms with Gasteiger partial charge in [-0.05, 0) is 18.1 Å². The molecule has 2 nitrogen and oxygen atoms in total. The van der Waals surface area contributed by atoms with Gasteiger partial charge in [0.05, 0.1) is 0 Å². The lowest BCUT2D eigenvalue weighted by Gasteiger charge is -2.03. The summed E-state index contributed by atoms with van der Waals surface area (Å²) in [4.78, 5) is 11.4. The van der Waals surface area contributed by atoms with Gasteiger partial charge >= 0.3 is 0 Å². The zero-order chi connectivity index (χ0) is 8.72. The van der Waals surface area contributed by atoms with E-state index in [9.17, 15) is 4.79 Å². The summed E-state index contributed by atoms with van der Waals surface area (Å²) in [6, 6.07) is 5.77. The second-order valence-electron chi connectivity index (χ2n) is 3.27. The molecule has 12 heavy (non-hydrogen) atoms. The Morgan fingerprint density at radius 3 is 2.92 bits per heavy atom. The van der Waals surface area contributed by atoms with Crippen LogP contribution < -0.4 is 5.73 Å². The van der Waals surface area contributed by atoms with Crippen molar-refractivity contribution in [3.8, 4) is 0 Å². The number of carbonyl (C=O) groups is 1. The molecular formula is C10H11NO. The van der Waals surface area contributed by atoms with Gasteiger partial charge in [-0.3, -0.25) is 4.79 Å². The average Bonchev–Trinajstić information content (AvgIpc) is 2.29. The highest BCUT2D eigenvalue weighted by Crippen LogP contribution is 2.30. The maximum Gasteiger partial charge on any atom is 0.165 e. The largest absolute Gasteiger partial charge is 0.324 e. The first-order valence-corrected chi connectivity index (χ1v) is 4.08. The number of benzene rings is 1. The molecule has 0 saturated carbocycles. The molecule has 0 saturated heterocycles. The minimum atomic E-state index is -0.0765. The third-order valence-electron chi connectivity index (χ3n) is 2.39. The van der Waals surface area contributed by atoms with Crippen LogP contribution in [-0.2, 0) is 0 Å². The standard InChI is InChI=1S/C10H11NO/c1-6-3-2-4-7-8(11)5-9(12)10(6)7/h2-4,8H,5,11H2,1H3/t8-/m1/s1. The van der Waals surface area contributed by atoms with E-state index in [2.05, 4.69) is 0 Å². The molecule has 0 bridgehead atoms. The van der Waals surface area contributed by atoms with Crippen LogP contribution in [0.5, 0.6) is 0 Å². The fraction of sp³-hybridized carbons (Fsp3) is 0.300. The van der Waals surface area contributed by atoms with E-state index in [0.29, 0.717) is 6.42 Å². The van der Waals surface area contributed by atoms with Crippen LogP contribution in [0.25, 0.3) is 0 Å². The SMILES string of the molecule is Cc1cccc2c1C(=O)C[C@H]2N. The van der Waals surface area contributed by atoms with E-state index in [1.165, 1.54) is 0 Å². The fourth-order valence-corrected chi connectivity index (χ4v) is 1.79. The van der Waals surface area contributed by atoms with E-state index in [1.54, 1.807) is 0 Å². The summed E-state index contributed by atoms with van der Waals surface area (Å²) in [7, 11) is 0. The summed E-state index contributed by atoms with van der Waals surface area (Å²) < 4.78 is 0. The van der Waals surface area contributed by atoms with Crippen LogP contribution in [0.15, 0.2) is 18.2 Å². The summed E-state index contributed by atoms with van der Waals surface area (Å²) in [6.07, 6.45) is 0.472. The highest BCUT2D eigenvalue weighted by Gasteiger charge is 2.27. The molecular weight excluding hydrogens is 150 g/mol. The van der Waals surface area contributed by atoms with Crippen molar-refractivity contribution in [1.82, 2.24) is 0 Å². The third kappa shape index (κ3) is 0.883. The normalized spacial score (nSPS) is 21.2. The summed E-state index contributed by atoms with van der Waals surface area (Å²) in [6.45, 7) is 1.95. The molecule has 0 heterocycles. The third-order valence-corrected chi connectivity index (χ3v) is 2.39. The highest BCUT2D eigenvalue weighted by molar-refractivity contribution is 6.02. The maximum absolute atomic E-state index is 11.4. The number of rotatable bonds is 0. The first-order chi connectivity index (χ1) is 5.70. The van der Waals surface area contributed by atoms with Crippen molar-refractivity contribution < 1.29 is 4.79 Å². The van der Waals surface area contributed by atoms with E-state index < -0.39 is 0 Å². The van der Waals surface area contributed by atoms with E-state index >= 15 is 0 Å². The Labute approximate surface area is 71.4 Å². The molecule has 2 rings (SSSR count). The summed E-state index contributed by atoms with van der Waals surface area (Å²) >= 11 is 0. The molecule has 0 amide bonds. The summed E-state index contributed by atoms with van der Waals surface area (Å²) in [5.41, 5.74) is 8.70. The molecule has 0 unspecified atom stereocenters. The van der Waals surface area contributed by atoms with Gasteiger partial charge in [-0.15, -0.1) is 0 Å². The van der Waals surface area contributed by atoms with Crippen molar-refractivity contribution >= 4 is 5.78 Å². The van der Waals surface area contributed by atoms with Crippen LogP contribution in [0.1, 0.15) is 33.9 Å². The van der Waals surface area contributed by atoms with Gasteiger partial charge in [-0.1, -0.05) is 18.2 Å². The highest BCUT2D eigenvalue weighted by atomic mass is 16.1. The molecule has 0 fully saturated rings. The van der Waals surface area contributed by atoms with E-state index in [1.807, 2.05) is 25.1 Å². The number of nitrogens with two attached hydrogens (primary N) is 1. The molecule has 62 valence electrons. The first kappa shape index (κ1) is 7.50. The van der Waals surface area contributed by atoms with Gasteiger partial charge in [-0.2, -0.15) is 0 Å². The minimum Gasteiger partial charge on any atom is -0.324 e. The Morgan fingerprint density at radius 1 is 1.50 bits per heavy atom. The van der Waals surface area contributed by atoms with Crippen LogP contribution in [0, 0.1) is 6.92 Å². The monoisotopic (exact) mass is 161 g/mol. The van der Waals surface area contributed by atoms with E-state index in [4.69, 9.17) is 5.73 Å². The second kappa shape index (κ2) is 2.42. The molecule has 1 aliphatic carbocycles. The Bertz CT molecular complexity index is 344. The smallest absolute Gasteiger partial charge is 0.165 e. The molecule has 2 N–H and O–H groups in total. The summed E-state index contributed by atoms with van der Waals surface area (Å²) in [5, 5.41) is 0. The molecule has 2 heteroatoms. The van der Waals surface area contributed by atoms with Crippen molar-refractivity contribution in [3.63, 3.8) is 0 Å². The van der Waals surface area contributed by atoms with Crippen LogP contribution in [-0.4, -0.2) is 5.78 Å². The van der Waals surface area contributed by atoms with Crippen molar-refractivity contribution in [1.29, 1.82) is 0 Å². The number of aryl methyl sites for hydroxylation is 1. The van der Waals surface area contributed by atoms with Gasteiger partial charge in [0.2, 0.25) is 0 Å². The van der Waals surface area contributed by atoms with Crippen molar-refractivity contribution in [2.75, 3.05) is 0 Å². The lowest BCUT2D eigenvalue weighted by Crippen LogP contribution is -2.05. The van der Waals surface area contributed by atoms with Gasteiger partial charge in [0.1, 0.15) is 0 Å². The van der Waals surface area contributed by atoms with Crippen molar-refractivity contribution in [3.05, 3.63) is 34.9 Å². The molecule has 0 radical (unpaired) electrons. The Hall–Kier alpha value is -1.15. The first-order valence-electron chi connectivity index (χ1n) is 4.08. The zero-order valence-electron chi connectivity index (χ0n) is 7.00. The predicted molar refractivity (Wildman–Crippen MR) is 47.1 cm³/mol. The van der Waals surface area contributed by atoms with Gasteiger partial charge < -0.3 is 5.73 Å². The molecule has 1 aromatic carbocycles. The second-order valence-corrected chi connectivity index (χ2v) is 3.27. The molecule has 0 aliphatic heterocycles. The van der Waals surface area contributed by atoms with Crippen LogP contribution >= 0.6 is 0 Å². The quantitative estimate of drug-likeness (QED) is 0.627. The maximum atomic E-state index is 11.4. The molecule has 1 aliphatic rings. The van der Waals surface area contributed by atoms with E-state index in [0.717, 1.165) is 16.7 Å². The number of hydrogen-bond donors (Lipinski definition) is 1. The topological polar surface area (TPSA) is 43.1 Å². The Balaban J connectivity index is 2.67. The van der Waals surface area contributed by atoms with Gasteiger partial charge in [0.15, 0.2) is 5.78 Å². The molecule has 1 atom stereocenters. The molecule has 1 aromatic rings. The predicted octanol–water partition coefficient (Wildman–Crippen LogP) is 1.58. The average molecular weight is 161 g/mol. The molecule has 0 spiro atoms. The summed E-state index contributed by atoms with van der Waals surface area (Å²) in [5.74, 6) is 0.190. The molecule has 0 aromatic heterocycles.